The first-order chi connectivity index (χ1) is 10.6. The first-order valence-corrected chi connectivity index (χ1v) is 7.35. The molecule has 1 aliphatic rings. The van der Waals surface area contributed by atoms with Gasteiger partial charge in [-0.2, -0.15) is 0 Å². The third-order valence-corrected chi connectivity index (χ3v) is 4.07. The van der Waals surface area contributed by atoms with E-state index in [1.54, 1.807) is 31.1 Å². The number of carbonyl (C=O) groups is 1. The summed E-state index contributed by atoms with van der Waals surface area (Å²) in [4.78, 5) is 14.4. The van der Waals surface area contributed by atoms with Crippen LogP contribution in [0.5, 0.6) is 5.75 Å². The molecule has 0 saturated heterocycles. The summed E-state index contributed by atoms with van der Waals surface area (Å²) in [6.07, 6.45) is 1.80. The lowest BCUT2D eigenvalue weighted by atomic mass is 10.00. The number of anilines is 1. The minimum atomic E-state index is -0.349. The van der Waals surface area contributed by atoms with Crippen LogP contribution < -0.4 is 9.64 Å². The Kier molecular flexibility index (Phi) is 3.84. The van der Waals surface area contributed by atoms with Gasteiger partial charge in [0.05, 0.1) is 7.11 Å². The third-order valence-electron chi connectivity index (χ3n) is 4.07. The Morgan fingerprint density at radius 1 is 1.23 bits per heavy atom. The van der Waals surface area contributed by atoms with Crippen LogP contribution in [0.25, 0.3) is 0 Å². The van der Waals surface area contributed by atoms with E-state index in [2.05, 4.69) is 0 Å². The van der Waals surface area contributed by atoms with Crippen molar-refractivity contribution in [1.82, 2.24) is 0 Å². The lowest BCUT2D eigenvalue weighted by molar-refractivity contribution is 0.0984. The molecule has 0 atom stereocenters. The molecule has 4 heteroatoms. The van der Waals surface area contributed by atoms with Gasteiger partial charge in [0.15, 0.2) is 0 Å². The second kappa shape index (κ2) is 5.79. The fourth-order valence-corrected chi connectivity index (χ4v) is 2.79. The summed E-state index contributed by atoms with van der Waals surface area (Å²) >= 11 is 0. The van der Waals surface area contributed by atoms with Crippen LogP contribution in [0.15, 0.2) is 36.4 Å². The van der Waals surface area contributed by atoms with Crippen LogP contribution in [0.3, 0.4) is 0 Å². The number of hydrogen-bond acceptors (Lipinski definition) is 2. The van der Waals surface area contributed by atoms with E-state index in [0.717, 1.165) is 29.8 Å². The molecule has 0 saturated carbocycles. The van der Waals surface area contributed by atoms with E-state index in [-0.39, 0.29) is 11.7 Å². The van der Waals surface area contributed by atoms with Crippen LogP contribution in [0, 0.1) is 12.7 Å². The molecule has 2 aromatic carbocycles. The zero-order valence-corrected chi connectivity index (χ0v) is 12.7. The number of carbonyl (C=O) groups excluding carboxylic acids is 1. The quantitative estimate of drug-likeness (QED) is 0.845. The Bertz CT molecular complexity index is 727. The van der Waals surface area contributed by atoms with Gasteiger partial charge >= 0.3 is 0 Å². The van der Waals surface area contributed by atoms with Gasteiger partial charge in [-0.1, -0.05) is 6.07 Å². The second-order valence-electron chi connectivity index (χ2n) is 5.52. The second-order valence-corrected chi connectivity index (χ2v) is 5.52. The van der Waals surface area contributed by atoms with Crippen molar-refractivity contribution < 1.29 is 13.9 Å². The Labute approximate surface area is 129 Å². The number of amides is 1. The standard InChI is InChI=1S/C18H18FNO2/c1-12-5-6-14(11-16(12)19)18(21)20-9-3-4-13-10-15(22-2)7-8-17(13)20/h5-8,10-11H,3-4,9H2,1-2H3. The molecule has 0 aliphatic carbocycles. The Hall–Kier alpha value is -2.36. The van der Waals surface area contributed by atoms with Crippen LogP contribution in [0.1, 0.15) is 27.9 Å². The molecule has 0 spiro atoms. The largest absolute Gasteiger partial charge is 0.497 e. The predicted molar refractivity (Wildman–Crippen MR) is 84.1 cm³/mol. The van der Waals surface area contributed by atoms with Gasteiger partial charge in [0.1, 0.15) is 11.6 Å². The molecule has 3 nitrogen and oxygen atoms in total. The first kappa shape index (κ1) is 14.6. The molecule has 0 fully saturated rings. The first-order valence-electron chi connectivity index (χ1n) is 7.35. The zero-order chi connectivity index (χ0) is 15.7. The molecular formula is C18H18FNO2. The van der Waals surface area contributed by atoms with E-state index < -0.39 is 0 Å². The molecule has 0 radical (unpaired) electrons. The van der Waals surface area contributed by atoms with E-state index in [4.69, 9.17) is 4.74 Å². The van der Waals surface area contributed by atoms with E-state index in [1.165, 1.54) is 6.07 Å². The molecule has 0 unspecified atom stereocenters. The average molecular weight is 299 g/mol. The van der Waals surface area contributed by atoms with Gasteiger partial charge in [0, 0.05) is 17.8 Å². The molecule has 0 aromatic heterocycles. The molecule has 2 aromatic rings. The Balaban J connectivity index is 1.96. The van der Waals surface area contributed by atoms with E-state index >= 15 is 0 Å². The molecule has 3 rings (SSSR count). The summed E-state index contributed by atoms with van der Waals surface area (Å²) in [7, 11) is 1.63. The minimum absolute atomic E-state index is 0.162. The summed E-state index contributed by atoms with van der Waals surface area (Å²) < 4.78 is 19.0. The Morgan fingerprint density at radius 2 is 2.05 bits per heavy atom. The number of nitrogens with zero attached hydrogens (tertiary/aromatic N) is 1. The fraction of sp³-hybridized carbons (Fsp3) is 0.278. The van der Waals surface area contributed by atoms with Crippen molar-refractivity contribution >= 4 is 11.6 Å². The molecular weight excluding hydrogens is 281 g/mol. The highest BCUT2D eigenvalue weighted by molar-refractivity contribution is 6.06. The van der Waals surface area contributed by atoms with Crippen LogP contribution >= 0.6 is 0 Å². The van der Waals surface area contributed by atoms with Gasteiger partial charge in [-0.25, -0.2) is 4.39 Å². The van der Waals surface area contributed by atoms with E-state index in [0.29, 0.717) is 17.7 Å². The highest BCUT2D eigenvalue weighted by Gasteiger charge is 2.24. The smallest absolute Gasteiger partial charge is 0.258 e. The molecule has 0 N–H and O–H groups in total. The Morgan fingerprint density at radius 3 is 2.77 bits per heavy atom. The van der Waals surface area contributed by atoms with Crippen LogP contribution in [-0.4, -0.2) is 19.6 Å². The number of aryl methyl sites for hydroxylation is 2. The molecule has 1 amide bonds. The molecule has 0 bridgehead atoms. The van der Waals surface area contributed by atoms with Crippen LogP contribution in [0.4, 0.5) is 10.1 Å². The number of rotatable bonds is 2. The summed E-state index contributed by atoms with van der Waals surface area (Å²) in [6, 6.07) is 10.3. The average Bonchev–Trinajstić information content (AvgIpc) is 2.55. The van der Waals surface area contributed by atoms with Gasteiger partial charge in [-0.05, 0) is 61.2 Å². The lowest BCUT2D eigenvalue weighted by Gasteiger charge is -2.30. The number of hydrogen-bond donors (Lipinski definition) is 0. The maximum Gasteiger partial charge on any atom is 0.258 e. The summed E-state index contributed by atoms with van der Waals surface area (Å²) in [5.41, 5.74) is 2.90. The van der Waals surface area contributed by atoms with E-state index in [9.17, 15) is 9.18 Å². The van der Waals surface area contributed by atoms with Crippen molar-refractivity contribution in [3.05, 3.63) is 58.9 Å². The topological polar surface area (TPSA) is 29.5 Å². The predicted octanol–water partition coefficient (Wildman–Crippen LogP) is 3.74. The zero-order valence-electron chi connectivity index (χ0n) is 12.7. The molecule has 22 heavy (non-hydrogen) atoms. The van der Waals surface area contributed by atoms with Gasteiger partial charge < -0.3 is 9.64 Å². The minimum Gasteiger partial charge on any atom is -0.497 e. The summed E-state index contributed by atoms with van der Waals surface area (Å²) in [6.45, 7) is 2.33. The molecule has 1 aliphatic heterocycles. The fourth-order valence-electron chi connectivity index (χ4n) is 2.79. The number of fused-ring (bicyclic) bond motifs is 1. The monoisotopic (exact) mass is 299 g/mol. The van der Waals surface area contributed by atoms with Crippen molar-refractivity contribution in [3.8, 4) is 5.75 Å². The van der Waals surface area contributed by atoms with Crippen molar-refractivity contribution in [1.29, 1.82) is 0 Å². The van der Waals surface area contributed by atoms with Crippen molar-refractivity contribution in [2.24, 2.45) is 0 Å². The summed E-state index contributed by atoms with van der Waals surface area (Å²) in [5, 5.41) is 0. The van der Waals surface area contributed by atoms with Crippen LogP contribution in [0.2, 0.25) is 0 Å². The number of halogens is 1. The van der Waals surface area contributed by atoms with Gasteiger partial charge in [0.25, 0.3) is 5.91 Å². The lowest BCUT2D eigenvalue weighted by Crippen LogP contribution is -2.35. The van der Waals surface area contributed by atoms with Crippen molar-refractivity contribution in [3.63, 3.8) is 0 Å². The maximum absolute atomic E-state index is 13.7. The normalized spacial score (nSPS) is 13.7. The highest BCUT2D eigenvalue weighted by atomic mass is 19.1. The van der Waals surface area contributed by atoms with E-state index in [1.807, 2.05) is 18.2 Å². The van der Waals surface area contributed by atoms with Crippen molar-refractivity contribution in [2.45, 2.75) is 19.8 Å². The van der Waals surface area contributed by atoms with Gasteiger partial charge in [0.2, 0.25) is 0 Å². The third kappa shape index (κ3) is 2.56. The summed E-state index contributed by atoms with van der Waals surface area (Å²) in [5.74, 6) is 0.275. The SMILES string of the molecule is COc1ccc2c(c1)CCCN2C(=O)c1ccc(C)c(F)c1. The van der Waals surface area contributed by atoms with Crippen LogP contribution in [-0.2, 0) is 6.42 Å². The van der Waals surface area contributed by atoms with Crippen molar-refractivity contribution in [2.75, 3.05) is 18.6 Å². The number of methoxy groups -OCH3 is 1. The van der Waals surface area contributed by atoms with Gasteiger partial charge in [-0.15, -0.1) is 0 Å². The van der Waals surface area contributed by atoms with Gasteiger partial charge in [-0.3, -0.25) is 4.79 Å². The highest BCUT2D eigenvalue weighted by Crippen LogP contribution is 2.31. The maximum atomic E-state index is 13.7. The number of ether oxygens (including phenoxy) is 1. The molecule has 114 valence electrons. The number of benzene rings is 2. The molecule has 1 heterocycles.